The zero-order valence-electron chi connectivity index (χ0n) is 18.2. The number of carbonyl (C=O) groups is 1. The van der Waals surface area contributed by atoms with E-state index in [1.54, 1.807) is 0 Å². The molecule has 0 unspecified atom stereocenters. The summed E-state index contributed by atoms with van der Waals surface area (Å²) in [6.45, 7) is 11.3. The molecular formula is C24H34N2O2S. The maximum absolute atomic E-state index is 12.0. The number of nitrogens with two attached hydrogens (primary N) is 1. The minimum absolute atomic E-state index is 0.422. The smallest absolute Gasteiger partial charge is 0.346 e. The maximum Gasteiger partial charge on any atom is 0.346 e. The highest BCUT2D eigenvalue weighted by Crippen LogP contribution is 2.41. The first-order valence-electron chi connectivity index (χ1n) is 10.8. The van der Waals surface area contributed by atoms with Crippen LogP contribution in [0.2, 0.25) is 0 Å². The topological polar surface area (TPSA) is 66.6 Å². The third-order valence-electron chi connectivity index (χ3n) is 6.17. The van der Waals surface area contributed by atoms with Crippen LogP contribution in [0.5, 0.6) is 0 Å². The zero-order valence-corrected chi connectivity index (χ0v) is 19.0. The molecule has 2 heterocycles. The van der Waals surface area contributed by atoms with E-state index in [4.69, 9.17) is 5.73 Å². The summed E-state index contributed by atoms with van der Waals surface area (Å²) in [4.78, 5) is 15.7. The van der Waals surface area contributed by atoms with Crippen molar-refractivity contribution in [2.24, 2.45) is 17.6 Å². The molecule has 1 aromatic rings. The van der Waals surface area contributed by atoms with Gasteiger partial charge in [-0.3, -0.25) is 4.90 Å². The lowest BCUT2D eigenvalue weighted by molar-refractivity contribution is 0.0702. The van der Waals surface area contributed by atoms with Gasteiger partial charge in [0, 0.05) is 18.7 Å². The minimum atomic E-state index is -0.855. The SMILES string of the molecule is CCN1CCC(c2cc(C#CC(C)(C)N)sc2C(=O)O)=C(C2CCC(C)CC2)C1. The lowest BCUT2D eigenvalue weighted by Crippen LogP contribution is -2.34. The number of rotatable bonds is 4. The molecule has 1 fully saturated rings. The molecule has 1 aliphatic heterocycles. The van der Waals surface area contributed by atoms with Crippen LogP contribution < -0.4 is 5.73 Å². The molecule has 1 saturated carbocycles. The molecule has 158 valence electrons. The van der Waals surface area contributed by atoms with Crippen LogP contribution in [0.15, 0.2) is 11.6 Å². The van der Waals surface area contributed by atoms with Crippen molar-refractivity contribution in [3.8, 4) is 11.8 Å². The van der Waals surface area contributed by atoms with E-state index < -0.39 is 11.5 Å². The van der Waals surface area contributed by atoms with Crippen LogP contribution in [0, 0.1) is 23.7 Å². The average molecular weight is 415 g/mol. The van der Waals surface area contributed by atoms with E-state index in [9.17, 15) is 9.90 Å². The summed E-state index contributed by atoms with van der Waals surface area (Å²) in [7, 11) is 0. The Bertz CT molecular complexity index is 842. The summed E-state index contributed by atoms with van der Waals surface area (Å²) in [5, 5.41) is 9.87. The molecule has 2 aliphatic rings. The number of nitrogens with zero attached hydrogens (tertiary/aromatic N) is 1. The van der Waals surface area contributed by atoms with Crippen molar-refractivity contribution in [1.29, 1.82) is 0 Å². The van der Waals surface area contributed by atoms with Gasteiger partial charge < -0.3 is 10.8 Å². The molecule has 0 aromatic carbocycles. The van der Waals surface area contributed by atoms with Crippen molar-refractivity contribution >= 4 is 22.9 Å². The second kappa shape index (κ2) is 9.04. The summed E-state index contributed by atoms with van der Waals surface area (Å²) >= 11 is 1.28. The molecule has 3 rings (SSSR count). The molecule has 0 atom stereocenters. The molecular weight excluding hydrogens is 380 g/mol. The molecule has 0 saturated heterocycles. The normalized spacial score (nSPS) is 23.6. The highest BCUT2D eigenvalue weighted by molar-refractivity contribution is 7.14. The van der Waals surface area contributed by atoms with Gasteiger partial charge in [0.1, 0.15) is 4.88 Å². The van der Waals surface area contributed by atoms with E-state index in [2.05, 4.69) is 30.6 Å². The monoisotopic (exact) mass is 414 g/mol. The summed E-state index contributed by atoms with van der Waals surface area (Å²) < 4.78 is 0. The number of likely N-dealkylation sites (N-methyl/N-ethyl adjacent to an activating group) is 1. The van der Waals surface area contributed by atoms with Crippen molar-refractivity contribution in [3.63, 3.8) is 0 Å². The van der Waals surface area contributed by atoms with Crippen molar-refractivity contribution in [2.45, 2.75) is 65.3 Å². The van der Waals surface area contributed by atoms with Gasteiger partial charge in [-0.05, 0) is 68.7 Å². The second-order valence-corrected chi connectivity index (χ2v) is 10.3. The number of carboxylic acid groups (broad SMARTS) is 1. The molecule has 5 heteroatoms. The van der Waals surface area contributed by atoms with Gasteiger partial charge >= 0.3 is 5.97 Å². The molecule has 0 radical (unpaired) electrons. The molecule has 1 aliphatic carbocycles. The van der Waals surface area contributed by atoms with Gasteiger partial charge in [0.25, 0.3) is 0 Å². The van der Waals surface area contributed by atoms with Crippen molar-refractivity contribution in [3.05, 3.63) is 27.0 Å². The fourth-order valence-electron chi connectivity index (χ4n) is 4.47. The fraction of sp³-hybridized carbons (Fsp3) is 0.625. The van der Waals surface area contributed by atoms with Gasteiger partial charge in [0.05, 0.1) is 10.4 Å². The van der Waals surface area contributed by atoms with Gasteiger partial charge in [0.15, 0.2) is 0 Å². The van der Waals surface area contributed by atoms with Crippen LogP contribution in [-0.4, -0.2) is 41.1 Å². The van der Waals surface area contributed by atoms with Crippen LogP contribution in [-0.2, 0) is 0 Å². The standard InChI is InChI=1S/C24H34N2O2S/c1-5-26-13-11-19(21(15-26)17-8-6-16(2)7-9-17)20-14-18(10-12-24(3,4)25)29-22(20)23(27)28/h14,16-17H,5-9,11,13,15,25H2,1-4H3,(H,27,28). The van der Waals surface area contributed by atoms with Crippen LogP contribution in [0.4, 0.5) is 0 Å². The summed E-state index contributed by atoms with van der Waals surface area (Å²) in [5.41, 5.74) is 9.03. The van der Waals surface area contributed by atoms with Crippen LogP contribution in [0.3, 0.4) is 0 Å². The summed E-state index contributed by atoms with van der Waals surface area (Å²) in [5.74, 6) is 6.67. The number of aromatic carboxylic acids is 1. The van der Waals surface area contributed by atoms with Crippen molar-refractivity contribution in [2.75, 3.05) is 19.6 Å². The van der Waals surface area contributed by atoms with Crippen LogP contribution in [0.1, 0.15) is 79.9 Å². The molecule has 4 nitrogen and oxygen atoms in total. The number of thiophene rings is 1. The van der Waals surface area contributed by atoms with E-state index in [1.165, 1.54) is 48.2 Å². The van der Waals surface area contributed by atoms with Gasteiger partial charge in [0.2, 0.25) is 0 Å². The maximum atomic E-state index is 12.0. The van der Waals surface area contributed by atoms with Gasteiger partial charge in [-0.15, -0.1) is 11.3 Å². The highest BCUT2D eigenvalue weighted by atomic mass is 32.1. The van der Waals surface area contributed by atoms with Crippen molar-refractivity contribution < 1.29 is 9.90 Å². The number of hydrogen-bond acceptors (Lipinski definition) is 4. The molecule has 3 N–H and O–H groups in total. The lowest BCUT2D eigenvalue weighted by Gasteiger charge is -2.36. The quantitative estimate of drug-likeness (QED) is 0.692. The minimum Gasteiger partial charge on any atom is -0.477 e. The average Bonchev–Trinajstić information content (AvgIpc) is 3.10. The zero-order chi connectivity index (χ0) is 21.2. The van der Waals surface area contributed by atoms with Gasteiger partial charge in [-0.25, -0.2) is 4.79 Å². The Balaban J connectivity index is 2.05. The third kappa shape index (κ3) is 5.51. The van der Waals surface area contributed by atoms with Crippen LogP contribution >= 0.6 is 11.3 Å². The third-order valence-corrected chi connectivity index (χ3v) is 7.21. The first kappa shape index (κ1) is 22.1. The van der Waals surface area contributed by atoms with Crippen molar-refractivity contribution in [1.82, 2.24) is 4.90 Å². The largest absolute Gasteiger partial charge is 0.477 e. The Morgan fingerprint density at radius 3 is 2.62 bits per heavy atom. The summed E-state index contributed by atoms with van der Waals surface area (Å²) in [6.07, 6.45) is 5.90. The van der Waals surface area contributed by atoms with E-state index in [0.717, 1.165) is 42.4 Å². The Morgan fingerprint density at radius 2 is 2.03 bits per heavy atom. The Labute approximate surface area is 179 Å². The summed E-state index contributed by atoms with van der Waals surface area (Å²) in [6, 6.07) is 2.00. The molecule has 29 heavy (non-hydrogen) atoms. The molecule has 0 bridgehead atoms. The number of carboxylic acids is 1. The first-order chi connectivity index (χ1) is 13.7. The Hall–Kier alpha value is -1.61. The fourth-order valence-corrected chi connectivity index (χ4v) is 5.34. The highest BCUT2D eigenvalue weighted by Gasteiger charge is 2.30. The van der Waals surface area contributed by atoms with E-state index in [-0.39, 0.29) is 0 Å². The number of hydrogen-bond donors (Lipinski definition) is 2. The predicted molar refractivity (Wildman–Crippen MR) is 121 cm³/mol. The molecule has 1 aromatic heterocycles. The van der Waals surface area contributed by atoms with Gasteiger partial charge in [-0.1, -0.05) is 38.5 Å². The second-order valence-electron chi connectivity index (χ2n) is 9.21. The Morgan fingerprint density at radius 1 is 1.34 bits per heavy atom. The van der Waals surface area contributed by atoms with E-state index in [1.807, 2.05) is 19.9 Å². The van der Waals surface area contributed by atoms with E-state index in [0.29, 0.717) is 10.8 Å². The first-order valence-corrected chi connectivity index (χ1v) is 11.6. The van der Waals surface area contributed by atoms with Gasteiger partial charge in [-0.2, -0.15) is 0 Å². The Kier molecular flexibility index (Phi) is 6.88. The van der Waals surface area contributed by atoms with E-state index >= 15 is 0 Å². The lowest BCUT2D eigenvalue weighted by atomic mass is 9.75. The van der Waals surface area contributed by atoms with Crippen LogP contribution in [0.25, 0.3) is 5.57 Å². The molecule has 0 amide bonds. The predicted octanol–water partition coefficient (Wildman–Crippen LogP) is 4.84. The molecule has 0 spiro atoms.